The van der Waals surface area contributed by atoms with Gasteiger partial charge in [0.25, 0.3) is 0 Å². The summed E-state index contributed by atoms with van der Waals surface area (Å²) in [6.45, 7) is 3.02. The largest absolute Gasteiger partial charge is 0.374 e. The van der Waals surface area contributed by atoms with Gasteiger partial charge in [0, 0.05) is 19.1 Å². The van der Waals surface area contributed by atoms with Gasteiger partial charge in [-0.1, -0.05) is 18.0 Å². The Bertz CT molecular complexity index is 334. The van der Waals surface area contributed by atoms with Gasteiger partial charge < -0.3 is 15.0 Å². The van der Waals surface area contributed by atoms with Crippen molar-refractivity contribution < 1.29 is 9.26 Å². The maximum Gasteiger partial charge on any atom is 0.228 e. The molecule has 0 radical (unpaired) electrons. The minimum absolute atomic E-state index is 0.151. The van der Waals surface area contributed by atoms with Gasteiger partial charge in [-0.25, -0.2) is 0 Å². The molecule has 0 saturated heterocycles. The van der Waals surface area contributed by atoms with E-state index in [9.17, 15) is 0 Å². The van der Waals surface area contributed by atoms with Crippen LogP contribution < -0.4 is 5.73 Å². The normalized spacial score (nSPS) is 18.7. The molecular formula is C12H21N3O2. The van der Waals surface area contributed by atoms with Crippen LogP contribution in [0, 0.1) is 5.92 Å². The van der Waals surface area contributed by atoms with Crippen molar-refractivity contribution in [2.45, 2.75) is 51.7 Å². The first-order valence-electron chi connectivity index (χ1n) is 6.44. The highest BCUT2D eigenvalue weighted by Crippen LogP contribution is 2.27. The zero-order valence-corrected chi connectivity index (χ0v) is 10.4. The number of aromatic nitrogens is 2. The lowest BCUT2D eigenvalue weighted by Gasteiger charge is -2.16. The van der Waals surface area contributed by atoms with E-state index in [0.717, 1.165) is 0 Å². The number of hydrogen-bond donors (Lipinski definition) is 1. The Morgan fingerprint density at radius 3 is 2.94 bits per heavy atom. The molecule has 1 fully saturated rings. The lowest BCUT2D eigenvalue weighted by Crippen LogP contribution is -2.30. The molecule has 1 aromatic heterocycles. The monoisotopic (exact) mass is 239 g/mol. The summed E-state index contributed by atoms with van der Waals surface area (Å²) in [4.78, 5) is 4.28. The van der Waals surface area contributed by atoms with Gasteiger partial charge in [0.2, 0.25) is 5.89 Å². The molecule has 1 aliphatic carbocycles. The summed E-state index contributed by atoms with van der Waals surface area (Å²) in [7, 11) is 0. The predicted octanol–water partition coefficient (Wildman–Crippen LogP) is 1.67. The van der Waals surface area contributed by atoms with Gasteiger partial charge in [-0.3, -0.25) is 0 Å². The van der Waals surface area contributed by atoms with E-state index in [0.29, 0.717) is 37.3 Å². The average molecular weight is 239 g/mol. The quantitative estimate of drug-likeness (QED) is 0.817. The summed E-state index contributed by atoms with van der Waals surface area (Å²) in [5, 5.41) is 3.87. The van der Waals surface area contributed by atoms with E-state index >= 15 is 0 Å². The van der Waals surface area contributed by atoms with Gasteiger partial charge in [0.15, 0.2) is 5.82 Å². The van der Waals surface area contributed by atoms with Crippen LogP contribution in [0.2, 0.25) is 0 Å². The molecule has 1 aromatic rings. The van der Waals surface area contributed by atoms with Crippen molar-refractivity contribution in [2.24, 2.45) is 11.7 Å². The number of ether oxygens (including phenoxy) is 1. The van der Waals surface area contributed by atoms with E-state index in [4.69, 9.17) is 15.0 Å². The zero-order chi connectivity index (χ0) is 12.1. The lowest BCUT2D eigenvalue weighted by molar-refractivity contribution is 0.126. The molecule has 1 saturated carbocycles. The SMILES string of the molecule is CCOCc1noc(CC(N)C2CCCC2)n1. The number of hydrogen-bond acceptors (Lipinski definition) is 5. The Hall–Kier alpha value is -0.940. The van der Waals surface area contributed by atoms with Gasteiger partial charge in [0.1, 0.15) is 6.61 Å². The van der Waals surface area contributed by atoms with Crippen LogP contribution in [0.25, 0.3) is 0 Å². The Morgan fingerprint density at radius 1 is 1.47 bits per heavy atom. The molecule has 17 heavy (non-hydrogen) atoms. The molecule has 5 heteroatoms. The third-order valence-electron chi connectivity index (χ3n) is 3.36. The second-order valence-electron chi connectivity index (χ2n) is 4.65. The van der Waals surface area contributed by atoms with Crippen molar-refractivity contribution in [3.05, 3.63) is 11.7 Å². The van der Waals surface area contributed by atoms with Gasteiger partial charge >= 0.3 is 0 Å². The Morgan fingerprint density at radius 2 is 2.24 bits per heavy atom. The van der Waals surface area contributed by atoms with Gasteiger partial charge in [0.05, 0.1) is 0 Å². The summed E-state index contributed by atoms with van der Waals surface area (Å²) >= 11 is 0. The molecule has 0 bridgehead atoms. The van der Waals surface area contributed by atoms with Crippen LogP contribution in [0.1, 0.15) is 44.3 Å². The number of nitrogens with two attached hydrogens (primary N) is 1. The summed E-state index contributed by atoms with van der Waals surface area (Å²) in [6, 6.07) is 0.151. The van der Waals surface area contributed by atoms with E-state index in [1.54, 1.807) is 0 Å². The second-order valence-corrected chi connectivity index (χ2v) is 4.65. The van der Waals surface area contributed by atoms with Crippen molar-refractivity contribution in [1.82, 2.24) is 10.1 Å². The van der Waals surface area contributed by atoms with Crippen LogP contribution in [0.5, 0.6) is 0 Å². The third kappa shape index (κ3) is 3.51. The first kappa shape index (κ1) is 12.5. The molecule has 1 aliphatic rings. The molecule has 96 valence electrons. The fourth-order valence-corrected chi connectivity index (χ4v) is 2.38. The van der Waals surface area contributed by atoms with E-state index in [2.05, 4.69) is 10.1 Å². The van der Waals surface area contributed by atoms with Crippen molar-refractivity contribution in [3.63, 3.8) is 0 Å². The topological polar surface area (TPSA) is 74.2 Å². The Balaban J connectivity index is 1.83. The molecule has 2 rings (SSSR count). The van der Waals surface area contributed by atoms with Crippen LogP contribution in [-0.4, -0.2) is 22.8 Å². The highest BCUT2D eigenvalue weighted by molar-refractivity contribution is 4.90. The van der Waals surface area contributed by atoms with E-state index < -0.39 is 0 Å². The fourth-order valence-electron chi connectivity index (χ4n) is 2.38. The average Bonchev–Trinajstić information content (AvgIpc) is 2.97. The third-order valence-corrected chi connectivity index (χ3v) is 3.36. The van der Waals surface area contributed by atoms with Crippen LogP contribution >= 0.6 is 0 Å². The van der Waals surface area contributed by atoms with Crippen molar-refractivity contribution >= 4 is 0 Å². The smallest absolute Gasteiger partial charge is 0.228 e. The van der Waals surface area contributed by atoms with Gasteiger partial charge in [-0.05, 0) is 25.7 Å². The molecule has 0 spiro atoms. The maximum absolute atomic E-state index is 6.16. The highest BCUT2D eigenvalue weighted by atomic mass is 16.5. The molecule has 0 amide bonds. The molecule has 1 heterocycles. The Kier molecular flexibility index (Phi) is 4.50. The molecule has 0 aromatic carbocycles. The summed E-state index contributed by atoms with van der Waals surface area (Å²) in [5.74, 6) is 1.87. The molecule has 5 nitrogen and oxygen atoms in total. The molecule has 2 N–H and O–H groups in total. The second kappa shape index (κ2) is 6.12. The molecular weight excluding hydrogens is 218 g/mol. The minimum atomic E-state index is 0.151. The lowest BCUT2D eigenvalue weighted by atomic mass is 9.96. The zero-order valence-electron chi connectivity index (χ0n) is 10.4. The maximum atomic E-state index is 6.16. The van der Waals surface area contributed by atoms with Crippen molar-refractivity contribution in [1.29, 1.82) is 0 Å². The van der Waals surface area contributed by atoms with Crippen LogP contribution in [0.15, 0.2) is 4.52 Å². The summed E-state index contributed by atoms with van der Waals surface area (Å²) in [5.41, 5.74) is 6.16. The first-order valence-corrected chi connectivity index (χ1v) is 6.44. The summed E-state index contributed by atoms with van der Waals surface area (Å²) < 4.78 is 10.4. The fraction of sp³-hybridized carbons (Fsp3) is 0.833. The van der Waals surface area contributed by atoms with Gasteiger partial charge in [-0.15, -0.1) is 0 Å². The van der Waals surface area contributed by atoms with Crippen molar-refractivity contribution in [2.75, 3.05) is 6.61 Å². The van der Waals surface area contributed by atoms with Crippen molar-refractivity contribution in [3.8, 4) is 0 Å². The highest BCUT2D eigenvalue weighted by Gasteiger charge is 2.23. The standard InChI is InChI=1S/C12H21N3O2/c1-2-16-8-11-14-12(17-15-11)7-10(13)9-5-3-4-6-9/h9-10H,2-8,13H2,1H3. The van der Waals surface area contributed by atoms with Crippen LogP contribution in [-0.2, 0) is 17.8 Å². The molecule has 1 unspecified atom stereocenters. The Labute approximate surface area is 102 Å². The van der Waals surface area contributed by atoms with Gasteiger partial charge in [-0.2, -0.15) is 4.98 Å². The van der Waals surface area contributed by atoms with Crippen LogP contribution in [0.4, 0.5) is 0 Å². The van der Waals surface area contributed by atoms with E-state index in [-0.39, 0.29) is 6.04 Å². The van der Waals surface area contributed by atoms with E-state index in [1.807, 2.05) is 6.92 Å². The van der Waals surface area contributed by atoms with E-state index in [1.165, 1.54) is 25.7 Å². The summed E-state index contributed by atoms with van der Waals surface area (Å²) in [6.07, 6.45) is 5.77. The first-order chi connectivity index (χ1) is 8.29. The molecule has 0 aliphatic heterocycles. The number of rotatable bonds is 6. The predicted molar refractivity (Wildman–Crippen MR) is 63.3 cm³/mol. The minimum Gasteiger partial charge on any atom is -0.374 e. The number of nitrogens with zero attached hydrogens (tertiary/aromatic N) is 2. The molecule has 1 atom stereocenters. The van der Waals surface area contributed by atoms with Crippen LogP contribution in [0.3, 0.4) is 0 Å².